The van der Waals surface area contributed by atoms with Crippen LogP contribution in [0.1, 0.15) is 20.3 Å². The Hall–Kier alpha value is -2.05. The number of aliphatic carboxylic acids is 1. The number of hydrogen-bond donors (Lipinski definition) is 3. The Morgan fingerprint density at radius 1 is 1.71 bits per heavy atom. The first-order valence-electron chi connectivity index (χ1n) is 5.08. The normalized spacial score (nSPS) is 13.8. The minimum atomic E-state index is -1.20. The zero-order chi connectivity index (χ0) is 13.1. The molecule has 1 heterocycles. The molecule has 7 nitrogen and oxygen atoms in total. The summed E-state index contributed by atoms with van der Waals surface area (Å²) < 4.78 is 4.88. The smallest absolute Gasteiger partial charge is 0.329 e. The van der Waals surface area contributed by atoms with E-state index in [1.807, 2.05) is 0 Å². The number of carboxylic acid groups (broad SMARTS) is 1. The molecule has 0 fully saturated rings. The number of aromatic amines is 1. The largest absolute Gasteiger partial charge is 0.489 e. The van der Waals surface area contributed by atoms with Crippen LogP contribution in [0.2, 0.25) is 0 Å². The molecule has 0 spiro atoms. The van der Waals surface area contributed by atoms with Gasteiger partial charge in [-0.1, -0.05) is 6.92 Å². The number of carbonyl (C=O) groups is 1. The summed E-state index contributed by atoms with van der Waals surface area (Å²) in [5.41, 5.74) is -1.66. The van der Waals surface area contributed by atoms with Crippen LogP contribution in [0.15, 0.2) is 11.1 Å². The van der Waals surface area contributed by atoms with E-state index in [1.165, 1.54) is 20.4 Å². The number of nitrogens with one attached hydrogen (secondary N) is 2. The summed E-state index contributed by atoms with van der Waals surface area (Å²) in [5.74, 6) is -0.944. The lowest BCUT2D eigenvalue weighted by atomic mass is 9.99. The van der Waals surface area contributed by atoms with Crippen molar-refractivity contribution in [2.45, 2.75) is 25.8 Å². The van der Waals surface area contributed by atoms with Crippen LogP contribution in [0.3, 0.4) is 0 Å². The van der Waals surface area contributed by atoms with Crippen molar-refractivity contribution in [2.75, 3.05) is 12.4 Å². The highest BCUT2D eigenvalue weighted by atomic mass is 16.5. The molecule has 94 valence electrons. The predicted molar refractivity (Wildman–Crippen MR) is 61.4 cm³/mol. The second kappa shape index (κ2) is 4.86. The van der Waals surface area contributed by atoms with Crippen LogP contribution in [-0.4, -0.2) is 33.7 Å². The van der Waals surface area contributed by atoms with E-state index in [2.05, 4.69) is 15.3 Å². The first-order chi connectivity index (χ1) is 7.94. The average molecular weight is 241 g/mol. The first kappa shape index (κ1) is 13.0. The molecule has 3 N–H and O–H groups in total. The molecule has 1 aromatic rings. The Morgan fingerprint density at radius 2 is 2.35 bits per heavy atom. The highest BCUT2D eigenvalue weighted by Crippen LogP contribution is 2.22. The van der Waals surface area contributed by atoms with Crippen LogP contribution < -0.4 is 15.6 Å². The molecule has 1 rings (SSSR count). The zero-order valence-corrected chi connectivity index (χ0v) is 9.90. The number of aromatic nitrogens is 2. The lowest BCUT2D eigenvalue weighted by molar-refractivity contribution is -0.141. The summed E-state index contributed by atoms with van der Waals surface area (Å²) in [6.45, 7) is 3.23. The third kappa shape index (κ3) is 2.55. The van der Waals surface area contributed by atoms with Gasteiger partial charge in [0.2, 0.25) is 5.75 Å². The van der Waals surface area contributed by atoms with Gasteiger partial charge in [0.25, 0.3) is 5.56 Å². The number of rotatable bonds is 5. The van der Waals surface area contributed by atoms with Gasteiger partial charge in [-0.05, 0) is 13.3 Å². The molecule has 0 saturated heterocycles. The summed E-state index contributed by atoms with van der Waals surface area (Å²) in [7, 11) is 1.32. The predicted octanol–water partition coefficient (Wildman–Crippen LogP) is 0.444. The molecular weight excluding hydrogens is 226 g/mol. The summed E-state index contributed by atoms with van der Waals surface area (Å²) in [5, 5.41) is 11.8. The number of methoxy groups -OCH3 is 1. The van der Waals surface area contributed by atoms with Crippen molar-refractivity contribution in [1.82, 2.24) is 9.97 Å². The van der Waals surface area contributed by atoms with E-state index >= 15 is 0 Å². The van der Waals surface area contributed by atoms with E-state index in [4.69, 9.17) is 9.84 Å². The van der Waals surface area contributed by atoms with E-state index in [-0.39, 0.29) is 11.6 Å². The van der Waals surface area contributed by atoms with Crippen molar-refractivity contribution < 1.29 is 14.6 Å². The maximum Gasteiger partial charge on any atom is 0.329 e. The van der Waals surface area contributed by atoms with Gasteiger partial charge >= 0.3 is 5.97 Å². The number of nitrogens with zero attached hydrogens (tertiary/aromatic N) is 1. The molecule has 0 aliphatic heterocycles. The molecule has 7 heteroatoms. The monoisotopic (exact) mass is 241 g/mol. The van der Waals surface area contributed by atoms with Crippen molar-refractivity contribution in [1.29, 1.82) is 0 Å². The highest BCUT2D eigenvalue weighted by molar-refractivity contribution is 5.82. The molecule has 0 aliphatic rings. The van der Waals surface area contributed by atoms with Crippen molar-refractivity contribution in [3.63, 3.8) is 0 Å². The van der Waals surface area contributed by atoms with E-state index in [0.29, 0.717) is 6.42 Å². The third-order valence-corrected chi connectivity index (χ3v) is 2.59. The lowest BCUT2D eigenvalue weighted by Crippen LogP contribution is -2.43. The number of carboxylic acids is 1. The fourth-order valence-electron chi connectivity index (χ4n) is 1.22. The van der Waals surface area contributed by atoms with Crippen molar-refractivity contribution >= 4 is 11.8 Å². The van der Waals surface area contributed by atoms with Gasteiger partial charge in [0.15, 0.2) is 5.82 Å². The van der Waals surface area contributed by atoms with Crippen molar-refractivity contribution in [3.05, 3.63) is 16.7 Å². The van der Waals surface area contributed by atoms with Crippen LogP contribution in [-0.2, 0) is 4.79 Å². The molecule has 0 aromatic carbocycles. The zero-order valence-electron chi connectivity index (χ0n) is 9.90. The molecule has 17 heavy (non-hydrogen) atoms. The quantitative estimate of drug-likeness (QED) is 0.691. The van der Waals surface area contributed by atoms with Crippen LogP contribution in [0.5, 0.6) is 5.75 Å². The minimum Gasteiger partial charge on any atom is -0.489 e. The Balaban J connectivity index is 3.15. The van der Waals surface area contributed by atoms with Crippen LogP contribution in [0.25, 0.3) is 0 Å². The van der Waals surface area contributed by atoms with Crippen LogP contribution >= 0.6 is 0 Å². The second-order valence-electron chi connectivity index (χ2n) is 3.73. The molecule has 0 amide bonds. The molecule has 0 bridgehead atoms. The van der Waals surface area contributed by atoms with E-state index in [9.17, 15) is 9.59 Å². The van der Waals surface area contributed by atoms with Gasteiger partial charge in [-0.25, -0.2) is 9.78 Å². The highest BCUT2D eigenvalue weighted by Gasteiger charge is 2.32. The maximum absolute atomic E-state index is 11.4. The Kier molecular flexibility index (Phi) is 3.72. The number of anilines is 1. The number of H-pyrrole nitrogens is 1. The minimum absolute atomic E-state index is 0.0339. The lowest BCUT2D eigenvalue weighted by Gasteiger charge is -2.25. The van der Waals surface area contributed by atoms with Crippen molar-refractivity contribution in [2.24, 2.45) is 0 Å². The van der Waals surface area contributed by atoms with Crippen LogP contribution in [0, 0.1) is 0 Å². The van der Waals surface area contributed by atoms with Gasteiger partial charge < -0.3 is 20.1 Å². The first-order valence-corrected chi connectivity index (χ1v) is 5.08. The average Bonchev–Trinajstić information content (AvgIpc) is 2.29. The Bertz CT molecular complexity index is 471. The van der Waals surface area contributed by atoms with Gasteiger partial charge in [-0.3, -0.25) is 4.79 Å². The molecule has 1 aromatic heterocycles. The standard InChI is InChI=1S/C10H15N3O4/c1-4-10(2,9(15)16)13-7-6(17-3)8(14)12-5-11-7/h5H,4H2,1-3H3,(H,15,16)(H2,11,12,13,14). The van der Waals surface area contributed by atoms with Crippen molar-refractivity contribution in [3.8, 4) is 5.75 Å². The fraction of sp³-hybridized carbons (Fsp3) is 0.500. The molecule has 1 unspecified atom stereocenters. The van der Waals surface area contributed by atoms with E-state index in [1.54, 1.807) is 6.92 Å². The molecule has 0 saturated carbocycles. The maximum atomic E-state index is 11.4. The fourth-order valence-corrected chi connectivity index (χ4v) is 1.22. The van der Waals surface area contributed by atoms with Gasteiger partial charge in [-0.15, -0.1) is 0 Å². The van der Waals surface area contributed by atoms with Gasteiger partial charge in [0.05, 0.1) is 13.4 Å². The summed E-state index contributed by atoms with van der Waals surface area (Å²) >= 11 is 0. The molecule has 0 aliphatic carbocycles. The molecule has 1 atom stereocenters. The third-order valence-electron chi connectivity index (χ3n) is 2.59. The number of hydrogen-bond acceptors (Lipinski definition) is 5. The second-order valence-corrected chi connectivity index (χ2v) is 3.73. The van der Waals surface area contributed by atoms with Gasteiger partial charge in [0.1, 0.15) is 5.54 Å². The molecule has 0 radical (unpaired) electrons. The van der Waals surface area contributed by atoms with Crippen LogP contribution in [0.4, 0.5) is 5.82 Å². The summed E-state index contributed by atoms with van der Waals surface area (Å²) in [4.78, 5) is 28.7. The Morgan fingerprint density at radius 3 is 2.82 bits per heavy atom. The summed E-state index contributed by atoms with van der Waals surface area (Å²) in [6.07, 6.45) is 1.52. The number of ether oxygens (including phenoxy) is 1. The SMILES string of the molecule is CCC(C)(Nc1nc[nH]c(=O)c1OC)C(=O)O. The van der Waals surface area contributed by atoms with Gasteiger partial charge in [0, 0.05) is 0 Å². The van der Waals surface area contributed by atoms with Gasteiger partial charge in [-0.2, -0.15) is 0 Å². The summed E-state index contributed by atoms with van der Waals surface area (Å²) in [6, 6.07) is 0. The molecular formula is C10H15N3O4. The topological polar surface area (TPSA) is 104 Å². The van der Waals surface area contributed by atoms with E-state index < -0.39 is 17.1 Å². The Labute approximate surface area is 97.8 Å². The van der Waals surface area contributed by atoms with E-state index in [0.717, 1.165) is 0 Å².